The summed E-state index contributed by atoms with van der Waals surface area (Å²) in [5.41, 5.74) is 0.475. The molecule has 0 atom stereocenters. The number of aromatic amines is 1. The highest BCUT2D eigenvalue weighted by Crippen LogP contribution is 2.32. The number of nitrogens with zero attached hydrogens (tertiary/aromatic N) is 2. The van der Waals surface area contributed by atoms with Crippen LogP contribution in [0.5, 0.6) is 0 Å². The molecule has 1 saturated carbocycles. The van der Waals surface area contributed by atoms with Crippen LogP contribution >= 0.6 is 0 Å². The van der Waals surface area contributed by atoms with E-state index in [0.29, 0.717) is 35.6 Å². The van der Waals surface area contributed by atoms with Gasteiger partial charge < -0.3 is 9.88 Å². The van der Waals surface area contributed by atoms with Gasteiger partial charge in [0, 0.05) is 25.3 Å². The minimum Gasteiger partial charge on any atom is -0.337 e. The summed E-state index contributed by atoms with van der Waals surface area (Å²) in [5.74, 6) is 0.520. The Morgan fingerprint density at radius 3 is 2.78 bits per heavy atom. The number of alkyl halides is 3. The lowest BCUT2D eigenvalue weighted by Crippen LogP contribution is -2.40. The quantitative estimate of drug-likeness (QED) is 0.894. The van der Waals surface area contributed by atoms with Gasteiger partial charge in [-0.25, -0.2) is 4.98 Å². The van der Waals surface area contributed by atoms with Crippen molar-refractivity contribution in [3.8, 4) is 0 Å². The van der Waals surface area contributed by atoms with Gasteiger partial charge in [-0.3, -0.25) is 9.59 Å². The molecule has 1 amide bonds. The fourth-order valence-corrected chi connectivity index (χ4v) is 3.39. The summed E-state index contributed by atoms with van der Waals surface area (Å²) in [6, 6.07) is 4.99. The number of rotatable bonds is 3. The third-order valence-electron chi connectivity index (χ3n) is 4.98. The van der Waals surface area contributed by atoms with Gasteiger partial charge >= 0.3 is 6.18 Å². The summed E-state index contributed by atoms with van der Waals surface area (Å²) in [4.78, 5) is 33.4. The van der Waals surface area contributed by atoms with Crippen LogP contribution in [0.25, 0.3) is 0 Å². The fraction of sp³-hybridized carbons (Fsp3) is 0.421. The first-order valence-electron chi connectivity index (χ1n) is 8.87. The molecule has 2 aromatic rings. The Bertz CT molecular complexity index is 948. The second kappa shape index (κ2) is 6.51. The summed E-state index contributed by atoms with van der Waals surface area (Å²) in [6.07, 6.45) is -2.01. The first-order chi connectivity index (χ1) is 12.8. The molecule has 142 valence electrons. The van der Waals surface area contributed by atoms with Crippen LogP contribution in [-0.2, 0) is 30.4 Å². The van der Waals surface area contributed by atoms with Gasteiger partial charge in [0.05, 0.1) is 23.4 Å². The van der Waals surface area contributed by atoms with Gasteiger partial charge in [-0.05, 0) is 24.5 Å². The van der Waals surface area contributed by atoms with Crippen LogP contribution in [0, 0.1) is 5.92 Å². The van der Waals surface area contributed by atoms with Gasteiger partial charge in [0.15, 0.2) is 0 Å². The van der Waals surface area contributed by atoms with Crippen molar-refractivity contribution in [2.75, 3.05) is 6.54 Å². The van der Waals surface area contributed by atoms with Gasteiger partial charge in [-0.1, -0.05) is 18.2 Å². The number of aromatic nitrogens is 2. The van der Waals surface area contributed by atoms with E-state index >= 15 is 0 Å². The Morgan fingerprint density at radius 2 is 2.07 bits per heavy atom. The van der Waals surface area contributed by atoms with Gasteiger partial charge in [-0.15, -0.1) is 0 Å². The SMILES string of the molecule is O=C(C1CC1)N1CCc2nc(Cc3cccc(C(F)(F)F)c3)[nH]c(=O)c2C1. The average Bonchev–Trinajstić information content (AvgIpc) is 3.45. The first-order valence-corrected chi connectivity index (χ1v) is 8.87. The van der Waals surface area contributed by atoms with Crippen molar-refractivity contribution in [2.24, 2.45) is 5.92 Å². The summed E-state index contributed by atoms with van der Waals surface area (Å²) < 4.78 is 38.6. The van der Waals surface area contributed by atoms with E-state index in [1.165, 1.54) is 6.07 Å². The van der Waals surface area contributed by atoms with E-state index in [1.54, 1.807) is 11.0 Å². The van der Waals surface area contributed by atoms with E-state index in [1.807, 2.05) is 0 Å². The molecule has 5 nitrogen and oxygen atoms in total. The maximum Gasteiger partial charge on any atom is 0.416 e. The zero-order chi connectivity index (χ0) is 19.2. The van der Waals surface area contributed by atoms with Crippen LogP contribution < -0.4 is 5.56 Å². The number of halogens is 3. The topological polar surface area (TPSA) is 66.1 Å². The summed E-state index contributed by atoms with van der Waals surface area (Å²) in [5, 5.41) is 0. The van der Waals surface area contributed by atoms with E-state index in [2.05, 4.69) is 9.97 Å². The van der Waals surface area contributed by atoms with Crippen molar-refractivity contribution >= 4 is 5.91 Å². The number of benzene rings is 1. The molecule has 1 aliphatic heterocycles. The molecule has 1 aliphatic carbocycles. The molecule has 2 aliphatic rings. The number of nitrogens with one attached hydrogen (secondary N) is 1. The Hall–Kier alpha value is -2.64. The van der Waals surface area contributed by atoms with E-state index in [9.17, 15) is 22.8 Å². The molecule has 0 bridgehead atoms. The lowest BCUT2D eigenvalue weighted by Gasteiger charge is -2.28. The second-order valence-corrected chi connectivity index (χ2v) is 7.10. The molecule has 27 heavy (non-hydrogen) atoms. The highest BCUT2D eigenvalue weighted by Gasteiger charge is 2.35. The number of carbonyl (C=O) groups excluding carboxylic acids is 1. The molecule has 2 heterocycles. The van der Waals surface area contributed by atoms with E-state index in [4.69, 9.17) is 0 Å². The predicted octanol–water partition coefficient (Wildman–Crippen LogP) is 2.67. The molecule has 0 saturated heterocycles. The van der Waals surface area contributed by atoms with Gasteiger partial charge in [-0.2, -0.15) is 13.2 Å². The summed E-state index contributed by atoms with van der Waals surface area (Å²) >= 11 is 0. The average molecular weight is 377 g/mol. The minimum atomic E-state index is -4.41. The molecule has 1 N–H and O–H groups in total. The minimum absolute atomic E-state index is 0.0908. The number of hydrogen-bond donors (Lipinski definition) is 1. The molecular weight excluding hydrogens is 359 g/mol. The van der Waals surface area contributed by atoms with Gasteiger partial charge in [0.2, 0.25) is 5.91 Å². The standard InChI is InChI=1S/C19H18F3N3O2/c20-19(21,22)13-3-1-2-11(8-13)9-16-23-15-6-7-25(18(27)12-4-5-12)10-14(15)17(26)24-16/h1-3,8,12H,4-7,9-10H2,(H,23,24,26). The maximum absolute atomic E-state index is 12.9. The van der Waals surface area contributed by atoms with Gasteiger partial charge in [0.1, 0.15) is 5.82 Å². The zero-order valence-electron chi connectivity index (χ0n) is 14.5. The number of fused-ring (bicyclic) bond motifs is 1. The molecule has 1 fully saturated rings. The van der Waals surface area contributed by atoms with Crippen LogP contribution in [0.2, 0.25) is 0 Å². The monoisotopic (exact) mass is 377 g/mol. The lowest BCUT2D eigenvalue weighted by molar-refractivity contribution is -0.137. The number of carbonyl (C=O) groups is 1. The van der Waals surface area contributed by atoms with Crippen molar-refractivity contribution in [3.05, 3.63) is 62.8 Å². The highest BCUT2D eigenvalue weighted by molar-refractivity contribution is 5.81. The number of H-pyrrole nitrogens is 1. The highest BCUT2D eigenvalue weighted by atomic mass is 19.4. The maximum atomic E-state index is 12.9. The lowest BCUT2D eigenvalue weighted by atomic mass is 10.0. The smallest absolute Gasteiger partial charge is 0.337 e. The van der Waals surface area contributed by atoms with Crippen LogP contribution in [0.3, 0.4) is 0 Å². The van der Waals surface area contributed by atoms with Crippen molar-refractivity contribution < 1.29 is 18.0 Å². The molecule has 0 unspecified atom stereocenters. The number of hydrogen-bond acceptors (Lipinski definition) is 3. The zero-order valence-corrected chi connectivity index (χ0v) is 14.5. The third kappa shape index (κ3) is 3.74. The Labute approximate surface area is 153 Å². The van der Waals surface area contributed by atoms with E-state index < -0.39 is 11.7 Å². The van der Waals surface area contributed by atoms with Crippen LogP contribution in [0.1, 0.15) is 41.1 Å². The van der Waals surface area contributed by atoms with Crippen molar-refractivity contribution in [3.63, 3.8) is 0 Å². The third-order valence-corrected chi connectivity index (χ3v) is 4.98. The predicted molar refractivity (Wildman–Crippen MR) is 91.0 cm³/mol. The van der Waals surface area contributed by atoms with E-state index in [-0.39, 0.29) is 30.3 Å². The fourth-order valence-electron chi connectivity index (χ4n) is 3.39. The van der Waals surface area contributed by atoms with Crippen LogP contribution in [0.15, 0.2) is 29.1 Å². The first kappa shape index (κ1) is 17.8. The second-order valence-electron chi connectivity index (χ2n) is 7.10. The molecule has 8 heteroatoms. The molecule has 0 spiro atoms. The largest absolute Gasteiger partial charge is 0.416 e. The molecular formula is C19H18F3N3O2. The van der Waals surface area contributed by atoms with Crippen molar-refractivity contribution in [1.82, 2.24) is 14.9 Å². The summed E-state index contributed by atoms with van der Waals surface area (Å²) in [7, 11) is 0. The van der Waals surface area contributed by atoms with Crippen LogP contribution in [0.4, 0.5) is 13.2 Å². The Balaban J connectivity index is 1.56. The van der Waals surface area contributed by atoms with E-state index in [0.717, 1.165) is 25.0 Å². The molecule has 0 radical (unpaired) electrons. The number of amides is 1. The normalized spacial score (nSPS) is 16.9. The molecule has 1 aromatic heterocycles. The van der Waals surface area contributed by atoms with Gasteiger partial charge in [0.25, 0.3) is 5.56 Å². The molecule has 4 rings (SSSR count). The Morgan fingerprint density at radius 1 is 1.30 bits per heavy atom. The molecule has 1 aromatic carbocycles. The summed E-state index contributed by atoms with van der Waals surface area (Å²) in [6.45, 7) is 0.763. The Kier molecular flexibility index (Phi) is 4.28. The van der Waals surface area contributed by atoms with Crippen molar-refractivity contribution in [1.29, 1.82) is 0 Å². The van der Waals surface area contributed by atoms with Crippen LogP contribution in [-0.4, -0.2) is 27.3 Å². The van der Waals surface area contributed by atoms with Crippen molar-refractivity contribution in [2.45, 2.75) is 38.4 Å².